The van der Waals surface area contributed by atoms with Crippen molar-refractivity contribution in [3.8, 4) is 5.75 Å². The van der Waals surface area contributed by atoms with E-state index in [1.165, 1.54) is 13.8 Å². The Kier molecular flexibility index (Phi) is 5.82. The van der Waals surface area contributed by atoms with Crippen LogP contribution in [0, 0.1) is 0 Å². The number of carbonyl (C=O) groups excluding carboxylic acids is 1. The summed E-state index contributed by atoms with van der Waals surface area (Å²) in [7, 11) is 0. The zero-order valence-corrected chi connectivity index (χ0v) is 12.9. The summed E-state index contributed by atoms with van der Waals surface area (Å²) in [6.45, 7) is 3.38. The monoisotopic (exact) mass is 344 g/mol. The third-order valence-electron chi connectivity index (χ3n) is 2.41. The smallest absolute Gasteiger partial charge is 0.328 e. The Bertz CT molecular complexity index is 491. The number of carbonyl (C=O) groups is 2. The van der Waals surface area contributed by atoms with Crippen molar-refractivity contribution in [3.63, 3.8) is 0 Å². The third-order valence-corrected chi connectivity index (χ3v) is 2.91. The van der Waals surface area contributed by atoms with Crippen LogP contribution in [-0.4, -0.2) is 35.8 Å². The molecule has 3 N–H and O–H groups in total. The molecule has 1 aromatic carbocycles. The number of aliphatic carboxylic acids is 1. The predicted octanol–water partition coefficient (Wildman–Crippen LogP) is 1.99. The highest BCUT2D eigenvalue weighted by Crippen LogP contribution is 2.17. The van der Waals surface area contributed by atoms with Crippen LogP contribution in [0.5, 0.6) is 5.75 Å². The summed E-state index contributed by atoms with van der Waals surface area (Å²) < 4.78 is 6.33. The van der Waals surface area contributed by atoms with Gasteiger partial charge in [0.2, 0.25) is 0 Å². The molecule has 0 heterocycles. The van der Waals surface area contributed by atoms with E-state index in [1.807, 2.05) is 18.2 Å². The van der Waals surface area contributed by atoms with Gasteiger partial charge in [-0.25, -0.2) is 9.59 Å². The van der Waals surface area contributed by atoms with Gasteiger partial charge in [0.15, 0.2) is 0 Å². The zero-order chi connectivity index (χ0) is 15.2. The number of halogens is 1. The lowest BCUT2D eigenvalue weighted by atomic mass is 10.1. The van der Waals surface area contributed by atoms with Crippen LogP contribution in [-0.2, 0) is 4.79 Å². The molecule has 0 saturated heterocycles. The van der Waals surface area contributed by atoms with Gasteiger partial charge in [0.05, 0.1) is 6.54 Å². The van der Waals surface area contributed by atoms with Crippen LogP contribution in [0.3, 0.4) is 0 Å². The van der Waals surface area contributed by atoms with E-state index in [4.69, 9.17) is 9.84 Å². The maximum absolute atomic E-state index is 11.5. The zero-order valence-electron chi connectivity index (χ0n) is 11.3. The van der Waals surface area contributed by atoms with Crippen molar-refractivity contribution in [3.05, 3.63) is 28.7 Å². The molecule has 0 atom stereocenters. The Morgan fingerprint density at radius 3 is 2.70 bits per heavy atom. The summed E-state index contributed by atoms with van der Waals surface area (Å²) in [5.41, 5.74) is -1.31. The molecule has 0 aliphatic carbocycles. The number of hydrogen-bond donors (Lipinski definition) is 3. The summed E-state index contributed by atoms with van der Waals surface area (Å²) in [5.74, 6) is -0.412. The van der Waals surface area contributed by atoms with Gasteiger partial charge in [0.1, 0.15) is 17.9 Å². The summed E-state index contributed by atoms with van der Waals surface area (Å²) >= 11 is 3.33. The number of carboxylic acid groups (broad SMARTS) is 1. The number of hydrogen-bond acceptors (Lipinski definition) is 3. The van der Waals surface area contributed by atoms with Gasteiger partial charge in [-0.1, -0.05) is 22.0 Å². The normalized spacial score (nSPS) is 10.8. The first-order valence-corrected chi connectivity index (χ1v) is 6.78. The first-order chi connectivity index (χ1) is 9.31. The molecule has 0 spiro atoms. The van der Waals surface area contributed by atoms with Gasteiger partial charge in [-0.05, 0) is 32.0 Å². The lowest BCUT2D eigenvalue weighted by Crippen LogP contribution is -2.53. The first-order valence-electron chi connectivity index (χ1n) is 5.99. The summed E-state index contributed by atoms with van der Waals surface area (Å²) in [6.07, 6.45) is 0. The Morgan fingerprint density at radius 2 is 2.10 bits per heavy atom. The van der Waals surface area contributed by atoms with Crippen molar-refractivity contribution >= 4 is 27.9 Å². The molecule has 0 radical (unpaired) electrons. The minimum Gasteiger partial charge on any atom is -0.492 e. The highest BCUT2D eigenvalue weighted by molar-refractivity contribution is 9.10. The van der Waals surface area contributed by atoms with E-state index in [0.29, 0.717) is 5.75 Å². The van der Waals surface area contributed by atoms with Crippen molar-refractivity contribution in [2.75, 3.05) is 13.2 Å². The first kappa shape index (κ1) is 16.3. The van der Waals surface area contributed by atoms with E-state index in [1.54, 1.807) is 6.07 Å². The molecule has 0 unspecified atom stereocenters. The minimum atomic E-state index is -1.31. The van der Waals surface area contributed by atoms with Gasteiger partial charge in [-0.3, -0.25) is 0 Å². The molecule has 0 aromatic heterocycles. The number of benzene rings is 1. The average Bonchev–Trinajstić information content (AvgIpc) is 2.34. The Labute approximate surface area is 125 Å². The average molecular weight is 345 g/mol. The highest BCUT2D eigenvalue weighted by atomic mass is 79.9. The van der Waals surface area contributed by atoms with Crippen molar-refractivity contribution in [1.29, 1.82) is 0 Å². The molecular weight excluding hydrogens is 328 g/mol. The lowest BCUT2D eigenvalue weighted by molar-refractivity contribution is -0.142. The van der Waals surface area contributed by atoms with Crippen LogP contribution in [0.15, 0.2) is 28.7 Å². The summed E-state index contributed by atoms with van der Waals surface area (Å²) in [5, 5.41) is 13.7. The molecule has 0 aliphatic rings. The molecule has 6 nitrogen and oxygen atoms in total. The second-order valence-corrected chi connectivity index (χ2v) is 5.53. The molecule has 20 heavy (non-hydrogen) atoms. The van der Waals surface area contributed by atoms with Crippen molar-refractivity contribution in [2.45, 2.75) is 19.4 Å². The summed E-state index contributed by atoms with van der Waals surface area (Å²) in [6, 6.07) is 6.79. The van der Waals surface area contributed by atoms with Crippen LogP contribution in [0.2, 0.25) is 0 Å². The van der Waals surface area contributed by atoms with Gasteiger partial charge in [-0.15, -0.1) is 0 Å². The van der Waals surface area contributed by atoms with Gasteiger partial charge in [0.25, 0.3) is 0 Å². The highest BCUT2D eigenvalue weighted by Gasteiger charge is 2.28. The van der Waals surface area contributed by atoms with Gasteiger partial charge >= 0.3 is 12.0 Å². The number of nitrogens with one attached hydrogen (secondary N) is 2. The SMILES string of the molecule is CC(C)(NC(=O)NCCOc1cccc(Br)c1)C(=O)O. The van der Waals surface area contributed by atoms with Crippen molar-refractivity contribution in [2.24, 2.45) is 0 Å². The van der Waals surface area contributed by atoms with E-state index in [9.17, 15) is 9.59 Å². The van der Waals surface area contributed by atoms with E-state index < -0.39 is 17.5 Å². The molecule has 0 aliphatic heterocycles. The molecule has 7 heteroatoms. The Hall–Kier alpha value is -1.76. The van der Waals surface area contributed by atoms with Gasteiger partial charge in [-0.2, -0.15) is 0 Å². The second-order valence-electron chi connectivity index (χ2n) is 4.62. The fourth-order valence-electron chi connectivity index (χ4n) is 1.27. The second kappa shape index (κ2) is 7.14. The molecule has 2 amide bonds. The summed E-state index contributed by atoms with van der Waals surface area (Å²) in [4.78, 5) is 22.3. The standard InChI is InChI=1S/C13H17BrN2O4/c1-13(2,11(17)18)16-12(19)15-6-7-20-10-5-3-4-9(14)8-10/h3-5,8H,6-7H2,1-2H3,(H,17,18)(H2,15,16,19). The Balaban J connectivity index is 2.28. The lowest BCUT2D eigenvalue weighted by Gasteiger charge is -2.21. The minimum absolute atomic E-state index is 0.272. The van der Waals surface area contributed by atoms with Gasteiger partial charge < -0.3 is 20.5 Å². The van der Waals surface area contributed by atoms with Crippen LogP contribution in [0.25, 0.3) is 0 Å². The van der Waals surface area contributed by atoms with E-state index in [-0.39, 0.29) is 13.2 Å². The molecule has 0 bridgehead atoms. The Morgan fingerprint density at radius 1 is 1.40 bits per heavy atom. The number of amides is 2. The predicted molar refractivity (Wildman–Crippen MR) is 77.9 cm³/mol. The quantitative estimate of drug-likeness (QED) is 0.688. The maximum Gasteiger partial charge on any atom is 0.328 e. The van der Waals surface area contributed by atoms with E-state index in [2.05, 4.69) is 26.6 Å². The third kappa shape index (κ3) is 5.48. The number of rotatable bonds is 6. The van der Waals surface area contributed by atoms with Crippen LogP contribution >= 0.6 is 15.9 Å². The van der Waals surface area contributed by atoms with E-state index in [0.717, 1.165) is 4.47 Å². The van der Waals surface area contributed by atoms with Crippen LogP contribution in [0.4, 0.5) is 4.79 Å². The van der Waals surface area contributed by atoms with Crippen LogP contribution in [0.1, 0.15) is 13.8 Å². The molecule has 0 saturated carbocycles. The van der Waals surface area contributed by atoms with Crippen molar-refractivity contribution in [1.82, 2.24) is 10.6 Å². The molecular formula is C13H17BrN2O4. The fourth-order valence-corrected chi connectivity index (χ4v) is 1.65. The number of carboxylic acids is 1. The van der Waals surface area contributed by atoms with Crippen LogP contribution < -0.4 is 15.4 Å². The molecule has 1 rings (SSSR count). The largest absolute Gasteiger partial charge is 0.492 e. The number of ether oxygens (including phenoxy) is 1. The molecule has 1 aromatic rings. The topological polar surface area (TPSA) is 87.7 Å². The van der Waals surface area contributed by atoms with E-state index >= 15 is 0 Å². The fraction of sp³-hybridized carbons (Fsp3) is 0.385. The van der Waals surface area contributed by atoms with Gasteiger partial charge in [0, 0.05) is 4.47 Å². The number of urea groups is 1. The maximum atomic E-state index is 11.5. The molecule has 0 fully saturated rings. The molecule has 110 valence electrons. The van der Waals surface area contributed by atoms with Crippen molar-refractivity contribution < 1.29 is 19.4 Å².